The normalized spacial score (nSPS) is 19.6. The van der Waals surface area contributed by atoms with Gasteiger partial charge in [-0.3, -0.25) is 4.79 Å². The van der Waals surface area contributed by atoms with Crippen molar-refractivity contribution in [2.75, 3.05) is 71.7 Å². The van der Waals surface area contributed by atoms with Crippen molar-refractivity contribution in [3.05, 3.63) is 12.1 Å². The fraction of sp³-hybridized carbons (Fsp3) is 0.741. The van der Waals surface area contributed by atoms with Crippen LogP contribution in [0.1, 0.15) is 39.0 Å². The maximum absolute atomic E-state index is 12.1. The van der Waals surface area contributed by atoms with Crippen molar-refractivity contribution in [2.24, 2.45) is 0 Å². The zero-order chi connectivity index (χ0) is 30.2. The number of carbonyl (C=O) groups is 3. The number of carbonyl (C=O) groups excluding carboxylic acids is 3. The molecule has 3 amide bonds. The van der Waals surface area contributed by atoms with Gasteiger partial charge in [-0.1, -0.05) is 6.42 Å². The summed E-state index contributed by atoms with van der Waals surface area (Å²) in [6.45, 7) is 5.99. The first kappa shape index (κ1) is 33.8. The molecule has 0 aliphatic carbocycles. The van der Waals surface area contributed by atoms with Gasteiger partial charge in [0.05, 0.1) is 71.4 Å². The molecule has 15 heteroatoms. The van der Waals surface area contributed by atoms with Crippen LogP contribution in [-0.4, -0.2) is 127 Å². The lowest BCUT2D eigenvalue weighted by Crippen LogP contribution is -2.40. The van der Waals surface area contributed by atoms with Crippen molar-refractivity contribution in [1.29, 1.82) is 0 Å². The van der Waals surface area contributed by atoms with Crippen LogP contribution in [0.4, 0.5) is 4.79 Å². The van der Waals surface area contributed by atoms with Crippen molar-refractivity contribution in [3.8, 4) is 11.8 Å². The number of urea groups is 1. The summed E-state index contributed by atoms with van der Waals surface area (Å²) < 4.78 is 22.2. The van der Waals surface area contributed by atoms with Crippen LogP contribution in [0.15, 0.2) is 12.1 Å². The molecule has 2 fully saturated rings. The van der Waals surface area contributed by atoms with Gasteiger partial charge in [0.2, 0.25) is 17.7 Å². The number of thioether (sulfide) groups is 1. The van der Waals surface area contributed by atoms with E-state index < -0.39 is 5.97 Å². The van der Waals surface area contributed by atoms with Crippen LogP contribution in [0.25, 0.3) is 0 Å². The lowest BCUT2D eigenvalue weighted by molar-refractivity contribution is -0.146. The molecule has 3 heterocycles. The van der Waals surface area contributed by atoms with Gasteiger partial charge in [-0.25, -0.2) is 9.59 Å². The molecule has 2 aliphatic rings. The van der Waals surface area contributed by atoms with E-state index >= 15 is 0 Å². The molecule has 1 aromatic heterocycles. The third-order valence-corrected chi connectivity index (χ3v) is 8.32. The summed E-state index contributed by atoms with van der Waals surface area (Å²) in [5.41, 5.74) is 0. The van der Waals surface area contributed by atoms with E-state index in [1.54, 1.807) is 0 Å². The van der Waals surface area contributed by atoms with Crippen LogP contribution in [-0.2, 0) is 28.5 Å². The molecule has 0 spiro atoms. The predicted octanol–water partition coefficient (Wildman–Crippen LogP) is 0.885. The maximum atomic E-state index is 12.1. The molecular weight excluding hydrogens is 572 g/mol. The van der Waals surface area contributed by atoms with Crippen molar-refractivity contribution in [1.82, 2.24) is 20.3 Å². The zero-order valence-electron chi connectivity index (χ0n) is 24.2. The van der Waals surface area contributed by atoms with Gasteiger partial charge in [-0.05, 0) is 19.8 Å². The van der Waals surface area contributed by atoms with Crippen molar-refractivity contribution in [3.63, 3.8) is 0 Å². The first-order valence-corrected chi connectivity index (χ1v) is 15.5. The van der Waals surface area contributed by atoms with E-state index in [4.69, 9.17) is 23.8 Å². The zero-order valence-corrected chi connectivity index (χ0v) is 25.0. The van der Waals surface area contributed by atoms with E-state index in [0.29, 0.717) is 69.2 Å². The van der Waals surface area contributed by atoms with Crippen LogP contribution in [0, 0.1) is 0 Å². The minimum absolute atomic E-state index is 0.0262. The highest BCUT2D eigenvalue weighted by molar-refractivity contribution is 8.00. The number of rotatable bonds is 22. The smallest absolute Gasteiger partial charge is 0.335 e. The molecule has 2 aliphatic heterocycles. The number of aromatic nitrogens is 1. The molecule has 0 bridgehead atoms. The average Bonchev–Trinajstić information content (AvgIpc) is 3.61. The fourth-order valence-electron chi connectivity index (χ4n) is 4.76. The Hall–Kier alpha value is -2.72. The Balaban J connectivity index is 1.03. The van der Waals surface area contributed by atoms with Crippen LogP contribution < -0.4 is 15.5 Å². The number of hydrogen-bond acceptors (Lipinski definition) is 11. The number of amides is 3. The number of fused-ring (bicyclic) bond motifs is 1. The van der Waals surface area contributed by atoms with E-state index in [9.17, 15) is 24.6 Å². The fourth-order valence-corrected chi connectivity index (χ4v) is 6.36. The topological polar surface area (TPSA) is 170 Å². The lowest BCUT2D eigenvalue weighted by Gasteiger charge is -2.26. The van der Waals surface area contributed by atoms with Gasteiger partial charge < -0.3 is 49.5 Å². The highest BCUT2D eigenvalue weighted by Crippen LogP contribution is 2.37. The second-order valence-corrected chi connectivity index (χ2v) is 11.1. The summed E-state index contributed by atoms with van der Waals surface area (Å²) in [5.74, 6) is -0.431. The van der Waals surface area contributed by atoms with Gasteiger partial charge in [0, 0.05) is 42.6 Å². The summed E-state index contributed by atoms with van der Waals surface area (Å²) in [6, 6.07) is 2.98. The van der Waals surface area contributed by atoms with Gasteiger partial charge in [0.1, 0.15) is 0 Å². The maximum Gasteiger partial charge on any atom is 0.335 e. The number of nitrogens with one attached hydrogen (secondary N) is 2. The molecular formula is C27H44N4O10S. The summed E-state index contributed by atoms with van der Waals surface area (Å²) in [7, 11) is 0. The molecule has 42 heavy (non-hydrogen) atoms. The highest BCUT2D eigenvalue weighted by Gasteiger charge is 2.47. The Morgan fingerprint density at radius 3 is 2.21 bits per heavy atom. The minimum Gasteiger partial charge on any atom is -0.492 e. The molecule has 0 radical (unpaired) electrons. The second-order valence-electron chi connectivity index (χ2n) is 9.81. The first-order chi connectivity index (χ1) is 20.4. The largest absolute Gasteiger partial charge is 0.492 e. The summed E-state index contributed by atoms with van der Waals surface area (Å²) in [6.07, 6.45) is 3.26. The number of aromatic hydroxyl groups is 2. The molecule has 1 aromatic rings. The minimum atomic E-state index is -0.662. The highest BCUT2D eigenvalue weighted by atomic mass is 32.2. The molecule has 3 atom stereocenters. The molecule has 238 valence electrons. The quantitative estimate of drug-likeness (QED) is 0.108. The Kier molecular flexibility index (Phi) is 15.1. The monoisotopic (exact) mass is 616 g/mol. The van der Waals surface area contributed by atoms with Crippen LogP contribution >= 0.6 is 11.8 Å². The van der Waals surface area contributed by atoms with Crippen molar-refractivity contribution in [2.45, 2.75) is 56.4 Å². The summed E-state index contributed by atoms with van der Waals surface area (Å²) in [4.78, 5) is 42.5. The van der Waals surface area contributed by atoms with E-state index in [1.807, 2.05) is 23.6 Å². The number of nitrogens with zero attached hydrogens (tertiary/aromatic N) is 2. The summed E-state index contributed by atoms with van der Waals surface area (Å²) >= 11 is 1.93. The van der Waals surface area contributed by atoms with E-state index in [1.165, 1.54) is 12.1 Å². The average molecular weight is 617 g/mol. The number of likely N-dealkylation sites (N-methyl/N-ethyl adjacent to an activating group) is 1. The van der Waals surface area contributed by atoms with E-state index in [-0.39, 0.29) is 48.8 Å². The first-order valence-electron chi connectivity index (χ1n) is 14.5. The predicted molar refractivity (Wildman–Crippen MR) is 153 cm³/mol. The third kappa shape index (κ3) is 11.2. The molecule has 14 nitrogen and oxygen atoms in total. The number of unbranched alkanes of at least 4 members (excludes halogenated alkanes) is 1. The molecule has 2 saturated heterocycles. The molecule has 0 aromatic carbocycles. The number of ether oxygens (including phenoxy) is 4. The Bertz CT molecular complexity index is 961. The van der Waals surface area contributed by atoms with Crippen LogP contribution in [0.5, 0.6) is 11.8 Å². The van der Waals surface area contributed by atoms with Gasteiger partial charge in [0.25, 0.3) is 0 Å². The van der Waals surface area contributed by atoms with Gasteiger partial charge >= 0.3 is 12.0 Å². The molecule has 4 N–H and O–H groups in total. The molecule has 3 unspecified atom stereocenters. The Morgan fingerprint density at radius 1 is 0.952 bits per heavy atom. The van der Waals surface area contributed by atoms with E-state index in [0.717, 1.165) is 31.6 Å². The Labute approximate surface area is 250 Å². The lowest BCUT2D eigenvalue weighted by atomic mass is 10.0. The standard InChI is InChI=1S/C27H44N4O10S/c1-2-30-26-20(29-27(30)36)19-42-21(26)5-3-4-6-22(32)28-10-12-38-14-16-40-18-17-39-15-13-37-11-9-25(35)41-31-23(33)7-8-24(31)34/h7-8,20-21,26,33-34H,2-6,9-19H2,1H3,(H,28,32)(H,29,36). The van der Waals surface area contributed by atoms with Crippen LogP contribution in [0.2, 0.25) is 0 Å². The number of hydrogen-bond donors (Lipinski definition) is 4. The van der Waals surface area contributed by atoms with Gasteiger partial charge in [-0.15, -0.1) is 4.73 Å². The third-order valence-electron chi connectivity index (χ3n) is 6.82. The molecule has 3 rings (SSSR count). The van der Waals surface area contributed by atoms with Crippen molar-refractivity contribution < 1.29 is 48.4 Å². The van der Waals surface area contributed by atoms with E-state index in [2.05, 4.69) is 10.6 Å². The molecule has 0 saturated carbocycles. The second kappa shape index (κ2) is 18.7. The van der Waals surface area contributed by atoms with Crippen LogP contribution in [0.3, 0.4) is 0 Å². The van der Waals surface area contributed by atoms with Gasteiger partial charge in [-0.2, -0.15) is 11.8 Å². The van der Waals surface area contributed by atoms with Crippen molar-refractivity contribution >= 4 is 29.7 Å². The van der Waals surface area contributed by atoms with Gasteiger partial charge in [0.15, 0.2) is 0 Å². The SMILES string of the molecule is CCN1C(=O)NC2CSC(CCCCC(=O)NCCOCCOCCOCCOCCC(=O)On3c(O)ccc3O)C21. The summed E-state index contributed by atoms with van der Waals surface area (Å²) in [5, 5.41) is 25.2. The Morgan fingerprint density at radius 2 is 1.57 bits per heavy atom.